The number of benzene rings is 1. The molecule has 0 bridgehead atoms. The molecule has 3 atom stereocenters. The molecule has 1 unspecified atom stereocenters. The van der Waals surface area contributed by atoms with E-state index in [0.29, 0.717) is 19.6 Å². The van der Waals surface area contributed by atoms with Crippen LogP contribution in [-0.2, 0) is 25.6 Å². The fourth-order valence-corrected chi connectivity index (χ4v) is 2.01. The van der Waals surface area contributed by atoms with Crippen LogP contribution in [0.3, 0.4) is 0 Å². The van der Waals surface area contributed by atoms with Crippen LogP contribution >= 0.6 is 0 Å². The zero-order chi connectivity index (χ0) is 14.2. The molecular weight excluding hydrogens is 256 g/mol. The van der Waals surface area contributed by atoms with Gasteiger partial charge in [-0.25, -0.2) is 0 Å². The van der Waals surface area contributed by atoms with Crippen LogP contribution in [0.5, 0.6) is 0 Å². The lowest BCUT2D eigenvalue weighted by atomic mass is 10.1. The van der Waals surface area contributed by atoms with Gasteiger partial charge in [0.15, 0.2) is 0 Å². The Balaban J connectivity index is 1.92. The molecule has 20 heavy (non-hydrogen) atoms. The van der Waals surface area contributed by atoms with E-state index in [4.69, 9.17) is 25.4 Å². The molecule has 0 N–H and O–H groups in total. The first-order valence-corrected chi connectivity index (χ1v) is 6.66. The Morgan fingerprint density at radius 1 is 1.35 bits per heavy atom. The van der Waals surface area contributed by atoms with Gasteiger partial charge in [0, 0.05) is 13.5 Å². The van der Waals surface area contributed by atoms with E-state index in [-0.39, 0.29) is 25.1 Å². The second-order valence-electron chi connectivity index (χ2n) is 4.65. The maximum Gasteiger partial charge on any atom is 0.146 e. The van der Waals surface area contributed by atoms with Gasteiger partial charge in [-0.1, -0.05) is 30.3 Å². The molecule has 108 valence electrons. The third-order valence-electron chi connectivity index (χ3n) is 3.10. The fraction of sp³-hybridized carbons (Fsp3) is 0.500. The van der Waals surface area contributed by atoms with Crippen molar-refractivity contribution in [2.24, 2.45) is 0 Å². The molecular formula is C16H20O4. The molecule has 0 saturated carbocycles. The highest BCUT2D eigenvalue weighted by molar-refractivity contribution is 5.13. The van der Waals surface area contributed by atoms with Gasteiger partial charge < -0.3 is 18.9 Å². The summed E-state index contributed by atoms with van der Waals surface area (Å²) in [6.45, 7) is 1.41. The molecule has 1 aliphatic rings. The molecule has 1 aliphatic heterocycles. The summed E-state index contributed by atoms with van der Waals surface area (Å²) < 4.78 is 21.9. The van der Waals surface area contributed by atoms with Crippen molar-refractivity contribution < 1.29 is 18.9 Å². The Hall–Kier alpha value is -1.38. The normalized spacial score (nSPS) is 20.1. The van der Waals surface area contributed by atoms with Crippen LogP contribution in [-0.4, -0.2) is 38.8 Å². The van der Waals surface area contributed by atoms with Crippen LogP contribution < -0.4 is 0 Å². The SMILES string of the molecule is C#CC[C@@H](OCOC)[C@H](OCc1ccccc1)C1CO1. The van der Waals surface area contributed by atoms with Gasteiger partial charge in [-0.05, 0) is 5.56 Å². The van der Waals surface area contributed by atoms with Crippen LogP contribution in [0.4, 0.5) is 0 Å². The van der Waals surface area contributed by atoms with Crippen LogP contribution in [0.2, 0.25) is 0 Å². The predicted octanol–water partition coefficient (Wildman–Crippen LogP) is 1.98. The zero-order valence-electron chi connectivity index (χ0n) is 11.7. The van der Waals surface area contributed by atoms with E-state index in [1.54, 1.807) is 7.11 Å². The number of methoxy groups -OCH3 is 1. The van der Waals surface area contributed by atoms with Gasteiger partial charge in [-0.3, -0.25) is 0 Å². The Bertz CT molecular complexity index is 422. The Morgan fingerprint density at radius 2 is 2.10 bits per heavy atom. The number of rotatable bonds is 9. The number of hydrogen-bond donors (Lipinski definition) is 0. The standard InChI is InChI=1S/C16H20O4/c1-3-7-14(20-12-17-2)16(15-11-18-15)19-10-13-8-5-4-6-9-13/h1,4-6,8-9,14-16H,7,10-12H2,2H3/t14-,15?,16+/m1/s1. The topological polar surface area (TPSA) is 40.2 Å². The van der Waals surface area contributed by atoms with Crippen molar-refractivity contribution in [2.45, 2.75) is 31.3 Å². The molecule has 0 amide bonds. The van der Waals surface area contributed by atoms with Crippen molar-refractivity contribution in [3.8, 4) is 12.3 Å². The molecule has 0 aromatic heterocycles. The number of terminal acetylenes is 1. The molecule has 0 radical (unpaired) electrons. The first-order valence-electron chi connectivity index (χ1n) is 6.66. The lowest BCUT2D eigenvalue weighted by molar-refractivity contribution is -0.135. The fourth-order valence-electron chi connectivity index (χ4n) is 2.01. The molecule has 4 heteroatoms. The molecule has 2 rings (SSSR count). The van der Waals surface area contributed by atoms with E-state index >= 15 is 0 Å². The lowest BCUT2D eigenvalue weighted by Gasteiger charge is -2.24. The molecule has 1 aromatic rings. The third-order valence-corrected chi connectivity index (χ3v) is 3.10. The Labute approximate surface area is 120 Å². The molecule has 0 aliphatic carbocycles. The van der Waals surface area contributed by atoms with Gasteiger partial charge in [0.25, 0.3) is 0 Å². The van der Waals surface area contributed by atoms with Crippen LogP contribution in [0, 0.1) is 12.3 Å². The maximum absolute atomic E-state index is 5.96. The summed E-state index contributed by atoms with van der Waals surface area (Å²) in [5.74, 6) is 2.62. The highest BCUT2D eigenvalue weighted by Gasteiger charge is 2.39. The van der Waals surface area contributed by atoms with E-state index in [2.05, 4.69) is 5.92 Å². The van der Waals surface area contributed by atoms with Crippen molar-refractivity contribution in [1.82, 2.24) is 0 Å². The van der Waals surface area contributed by atoms with Crippen molar-refractivity contribution in [3.05, 3.63) is 35.9 Å². The van der Waals surface area contributed by atoms with Crippen LogP contribution in [0.1, 0.15) is 12.0 Å². The minimum absolute atomic E-state index is 0.0638. The molecule has 0 spiro atoms. The lowest BCUT2D eigenvalue weighted by Crippen LogP contribution is -2.36. The largest absolute Gasteiger partial charge is 0.370 e. The van der Waals surface area contributed by atoms with Crippen molar-refractivity contribution in [3.63, 3.8) is 0 Å². The highest BCUT2D eigenvalue weighted by Crippen LogP contribution is 2.24. The minimum Gasteiger partial charge on any atom is -0.370 e. The molecule has 1 aromatic carbocycles. The average molecular weight is 276 g/mol. The first kappa shape index (κ1) is 15.0. The van der Waals surface area contributed by atoms with Crippen LogP contribution in [0.15, 0.2) is 30.3 Å². The summed E-state index contributed by atoms with van der Waals surface area (Å²) in [5, 5.41) is 0. The minimum atomic E-state index is -0.212. The molecule has 1 fully saturated rings. The first-order chi connectivity index (χ1) is 9.85. The van der Waals surface area contributed by atoms with Gasteiger partial charge >= 0.3 is 0 Å². The summed E-state index contributed by atoms with van der Waals surface area (Å²) in [7, 11) is 1.58. The van der Waals surface area contributed by atoms with Gasteiger partial charge in [-0.2, -0.15) is 0 Å². The summed E-state index contributed by atoms with van der Waals surface area (Å²) >= 11 is 0. The summed E-state index contributed by atoms with van der Waals surface area (Å²) in [6.07, 6.45) is 5.56. The molecule has 4 nitrogen and oxygen atoms in total. The summed E-state index contributed by atoms with van der Waals surface area (Å²) in [4.78, 5) is 0. The third kappa shape index (κ3) is 4.62. The van der Waals surface area contributed by atoms with Gasteiger partial charge in [-0.15, -0.1) is 12.3 Å². The van der Waals surface area contributed by atoms with E-state index in [9.17, 15) is 0 Å². The number of epoxide rings is 1. The second-order valence-corrected chi connectivity index (χ2v) is 4.65. The van der Waals surface area contributed by atoms with Crippen molar-refractivity contribution >= 4 is 0 Å². The van der Waals surface area contributed by atoms with E-state index in [1.807, 2.05) is 30.3 Å². The van der Waals surface area contributed by atoms with Gasteiger partial charge in [0.2, 0.25) is 0 Å². The maximum atomic E-state index is 5.96. The quantitative estimate of drug-likeness (QED) is 0.393. The van der Waals surface area contributed by atoms with E-state index in [1.165, 1.54) is 0 Å². The summed E-state index contributed by atoms with van der Waals surface area (Å²) in [6, 6.07) is 10.0. The smallest absolute Gasteiger partial charge is 0.146 e. The van der Waals surface area contributed by atoms with Crippen molar-refractivity contribution in [1.29, 1.82) is 0 Å². The summed E-state index contributed by atoms with van der Waals surface area (Å²) in [5.41, 5.74) is 1.12. The number of hydrogen-bond acceptors (Lipinski definition) is 4. The predicted molar refractivity (Wildman–Crippen MR) is 75.0 cm³/mol. The van der Waals surface area contributed by atoms with Crippen LogP contribution in [0.25, 0.3) is 0 Å². The average Bonchev–Trinajstić information content (AvgIpc) is 3.30. The number of ether oxygens (including phenoxy) is 4. The zero-order valence-corrected chi connectivity index (χ0v) is 11.7. The highest BCUT2D eigenvalue weighted by atomic mass is 16.7. The second kappa shape index (κ2) is 8.03. The Kier molecular flexibility index (Phi) is 6.03. The van der Waals surface area contributed by atoms with E-state index in [0.717, 1.165) is 5.56 Å². The van der Waals surface area contributed by atoms with Gasteiger partial charge in [0.05, 0.1) is 13.2 Å². The molecule has 1 heterocycles. The van der Waals surface area contributed by atoms with E-state index < -0.39 is 0 Å². The van der Waals surface area contributed by atoms with Crippen molar-refractivity contribution in [2.75, 3.05) is 20.5 Å². The van der Waals surface area contributed by atoms with Gasteiger partial charge in [0.1, 0.15) is 25.1 Å². The Morgan fingerprint density at radius 3 is 2.70 bits per heavy atom. The monoisotopic (exact) mass is 276 g/mol. The molecule has 1 saturated heterocycles.